The highest BCUT2D eigenvalue weighted by molar-refractivity contribution is 5.86. The zero-order valence-electron chi connectivity index (χ0n) is 11.3. The molecule has 0 spiro atoms. The number of nitrogens with two attached hydrogens (primary N) is 1. The van der Waals surface area contributed by atoms with Gasteiger partial charge in [0.05, 0.1) is 11.6 Å². The maximum atomic E-state index is 8.89. The molecule has 0 atom stereocenters. The summed E-state index contributed by atoms with van der Waals surface area (Å²) >= 11 is 0. The fourth-order valence-corrected chi connectivity index (χ4v) is 1.96. The Hall–Kier alpha value is -1.89. The van der Waals surface area contributed by atoms with Crippen molar-refractivity contribution in [3.05, 3.63) is 6.20 Å². The summed E-state index contributed by atoms with van der Waals surface area (Å²) in [7, 11) is 0. The Morgan fingerprint density at radius 2 is 2.21 bits per heavy atom. The van der Waals surface area contributed by atoms with Gasteiger partial charge in [-0.25, -0.2) is 0 Å². The number of rotatable bonds is 6. The molecular weight excluding hydrogens is 244 g/mol. The Balaban J connectivity index is 2.11. The number of nitrogens with zero attached hydrogens (tertiary/aromatic N) is 3. The lowest BCUT2D eigenvalue weighted by Gasteiger charge is -2.25. The normalized spacial score (nSPS) is 11.9. The number of aromatic amines is 1. The minimum atomic E-state index is 0.0680. The van der Waals surface area contributed by atoms with Gasteiger partial charge in [-0.1, -0.05) is 13.8 Å². The Kier molecular flexibility index (Phi) is 3.84. The van der Waals surface area contributed by atoms with Crippen molar-refractivity contribution in [2.75, 3.05) is 24.2 Å². The zero-order valence-corrected chi connectivity index (χ0v) is 11.3. The van der Waals surface area contributed by atoms with Gasteiger partial charge in [0, 0.05) is 13.2 Å². The van der Waals surface area contributed by atoms with Crippen LogP contribution in [0.2, 0.25) is 0 Å². The minimum Gasteiger partial charge on any atom is -0.396 e. The lowest BCUT2D eigenvalue weighted by Crippen LogP contribution is -2.24. The van der Waals surface area contributed by atoms with E-state index in [-0.39, 0.29) is 18.0 Å². The van der Waals surface area contributed by atoms with Crippen LogP contribution in [0.5, 0.6) is 0 Å². The number of aromatic nitrogens is 4. The van der Waals surface area contributed by atoms with Crippen molar-refractivity contribution < 1.29 is 5.11 Å². The number of nitrogens with one attached hydrogen (secondary N) is 2. The monoisotopic (exact) mass is 264 g/mol. The second kappa shape index (κ2) is 5.40. The van der Waals surface area contributed by atoms with Crippen LogP contribution in [0.3, 0.4) is 0 Å². The van der Waals surface area contributed by atoms with Crippen molar-refractivity contribution >= 4 is 22.8 Å². The Bertz CT molecular complexity index is 550. The van der Waals surface area contributed by atoms with E-state index < -0.39 is 0 Å². The van der Waals surface area contributed by atoms with E-state index in [1.54, 1.807) is 6.20 Å². The third kappa shape index (κ3) is 3.31. The maximum absolute atomic E-state index is 8.89. The number of fused-ring (bicyclic) bond motifs is 1. The smallest absolute Gasteiger partial charge is 0.224 e. The average molecular weight is 264 g/mol. The van der Waals surface area contributed by atoms with E-state index in [1.807, 2.05) is 0 Å². The summed E-state index contributed by atoms with van der Waals surface area (Å²) in [4.78, 5) is 8.27. The lowest BCUT2D eigenvalue weighted by molar-refractivity contribution is 0.248. The molecule has 0 fully saturated rings. The molecule has 0 aliphatic rings. The second-order valence-corrected chi connectivity index (χ2v) is 5.41. The summed E-state index contributed by atoms with van der Waals surface area (Å²) in [6.45, 7) is 5.25. The molecule has 0 radical (unpaired) electrons. The highest BCUT2D eigenvalue weighted by Gasteiger charge is 2.18. The topological polar surface area (TPSA) is 113 Å². The fourth-order valence-electron chi connectivity index (χ4n) is 1.96. The van der Waals surface area contributed by atoms with E-state index in [2.05, 4.69) is 39.3 Å². The fraction of sp³-hybridized carbons (Fsp3) is 0.583. The summed E-state index contributed by atoms with van der Waals surface area (Å²) in [5.74, 6) is 0.903. The molecule has 2 heterocycles. The molecule has 7 nitrogen and oxygen atoms in total. The highest BCUT2D eigenvalue weighted by atomic mass is 16.2. The summed E-state index contributed by atoms with van der Waals surface area (Å²) < 4.78 is 0. The van der Waals surface area contributed by atoms with Gasteiger partial charge in [-0.05, 0) is 18.3 Å². The molecule has 0 aromatic carbocycles. The van der Waals surface area contributed by atoms with Gasteiger partial charge in [-0.3, -0.25) is 5.10 Å². The minimum absolute atomic E-state index is 0.0680. The van der Waals surface area contributed by atoms with Crippen LogP contribution < -0.4 is 11.1 Å². The van der Waals surface area contributed by atoms with Crippen LogP contribution in [0.15, 0.2) is 6.20 Å². The molecule has 0 aliphatic carbocycles. The van der Waals surface area contributed by atoms with Gasteiger partial charge in [-0.15, -0.1) is 0 Å². The van der Waals surface area contributed by atoms with Crippen molar-refractivity contribution in [1.82, 2.24) is 20.2 Å². The number of nitrogen functional groups attached to an aromatic ring is 1. The van der Waals surface area contributed by atoms with Gasteiger partial charge in [0.1, 0.15) is 5.82 Å². The first-order chi connectivity index (χ1) is 9.02. The number of H-pyrrole nitrogens is 1. The summed E-state index contributed by atoms with van der Waals surface area (Å²) in [5, 5.41) is 19.7. The lowest BCUT2D eigenvalue weighted by atomic mass is 9.88. The first kappa shape index (κ1) is 13.5. The van der Waals surface area contributed by atoms with Gasteiger partial charge in [0.2, 0.25) is 5.95 Å². The van der Waals surface area contributed by atoms with E-state index in [0.717, 1.165) is 24.8 Å². The molecule has 2 rings (SSSR count). The average Bonchev–Trinajstić information content (AvgIpc) is 2.81. The molecule has 2 aromatic rings. The molecule has 0 saturated heterocycles. The van der Waals surface area contributed by atoms with Crippen LogP contribution in [0.4, 0.5) is 11.8 Å². The first-order valence-corrected chi connectivity index (χ1v) is 6.33. The van der Waals surface area contributed by atoms with Crippen LogP contribution >= 0.6 is 0 Å². The molecule has 0 unspecified atom stereocenters. The van der Waals surface area contributed by atoms with E-state index in [0.29, 0.717) is 11.5 Å². The van der Waals surface area contributed by atoms with Gasteiger partial charge >= 0.3 is 0 Å². The van der Waals surface area contributed by atoms with E-state index in [9.17, 15) is 0 Å². The van der Waals surface area contributed by atoms with Crippen molar-refractivity contribution in [1.29, 1.82) is 0 Å². The van der Waals surface area contributed by atoms with Gasteiger partial charge in [0.25, 0.3) is 0 Å². The first-order valence-electron chi connectivity index (χ1n) is 6.33. The molecule has 5 N–H and O–H groups in total. The van der Waals surface area contributed by atoms with E-state index in [4.69, 9.17) is 10.8 Å². The van der Waals surface area contributed by atoms with Crippen molar-refractivity contribution in [3.8, 4) is 0 Å². The summed E-state index contributed by atoms with van der Waals surface area (Å²) in [6, 6.07) is 0. The molecule has 0 bridgehead atoms. The Morgan fingerprint density at radius 3 is 2.95 bits per heavy atom. The molecule has 2 aromatic heterocycles. The standard InChI is InChI=1S/C12H20N6O/c1-12(2,4-3-5-19)7-14-9-8-6-15-18-10(8)17-11(13)16-9/h6,19H,3-5,7H2,1-2H3,(H4,13,14,15,16,17,18). The molecule has 19 heavy (non-hydrogen) atoms. The van der Waals surface area contributed by atoms with Crippen LogP contribution in [0, 0.1) is 5.41 Å². The molecule has 0 amide bonds. The molecule has 7 heteroatoms. The maximum Gasteiger partial charge on any atom is 0.224 e. The quantitative estimate of drug-likeness (QED) is 0.622. The third-order valence-electron chi connectivity index (χ3n) is 3.07. The predicted octanol–water partition coefficient (Wildman–Crippen LogP) is 1.15. The second-order valence-electron chi connectivity index (χ2n) is 5.41. The number of anilines is 2. The zero-order chi connectivity index (χ0) is 13.9. The van der Waals surface area contributed by atoms with Crippen LogP contribution in [0.25, 0.3) is 11.0 Å². The van der Waals surface area contributed by atoms with E-state index in [1.165, 1.54) is 0 Å². The van der Waals surface area contributed by atoms with Gasteiger partial charge in [-0.2, -0.15) is 15.1 Å². The molecule has 104 valence electrons. The predicted molar refractivity (Wildman–Crippen MR) is 74.7 cm³/mol. The van der Waals surface area contributed by atoms with Crippen LogP contribution in [-0.4, -0.2) is 38.4 Å². The molecular formula is C12H20N6O. The molecule has 0 saturated carbocycles. The highest BCUT2D eigenvalue weighted by Crippen LogP contribution is 2.25. The van der Waals surface area contributed by atoms with Crippen LogP contribution in [-0.2, 0) is 0 Å². The van der Waals surface area contributed by atoms with Crippen LogP contribution in [0.1, 0.15) is 26.7 Å². The summed E-state index contributed by atoms with van der Waals surface area (Å²) in [6.07, 6.45) is 3.41. The van der Waals surface area contributed by atoms with E-state index >= 15 is 0 Å². The summed E-state index contributed by atoms with van der Waals surface area (Å²) in [5.41, 5.74) is 6.36. The van der Waals surface area contributed by atoms with Gasteiger partial charge in [0.15, 0.2) is 5.65 Å². The molecule has 0 aliphatic heterocycles. The number of aliphatic hydroxyl groups excluding tert-OH is 1. The van der Waals surface area contributed by atoms with Gasteiger partial charge < -0.3 is 16.2 Å². The number of hydrogen-bond donors (Lipinski definition) is 4. The SMILES string of the molecule is CC(C)(CCCO)CNc1nc(N)nc2[nH]ncc12. The van der Waals surface area contributed by atoms with Crippen molar-refractivity contribution in [2.24, 2.45) is 5.41 Å². The van der Waals surface area contributed by atoms with Crippen molar-refractivity contribution in [2.45, 2.75) is 26.7 Å². The number of hydrogen-bond acceptors (Lipinski definition) is 6. The third-order valence-corrected chi connectivity index (χ3v) is 3.07. The Morgan fingerprint density at radius 1 is 1.42 bits per heavy atom. The Labute approximate surface area is 111 Å². The number of aliphatic hydroxyl groups is 1. The largest absolute Gasteiger partial charge is 0.396 e. The van der Waals surface area contributed by atoms with Crippen molar-refractivity contribution in [3.63, 3.8) is 0 Å².